The zero-order chi connectivity index (χ0) is 19.2. The summed E-state index contributed by atoms with van der Waals surface area (Å²) in [6.07, 6.45) is 0.180. The Morgan fingerprint density at radius 3 is 2.78 bits per heavy atom. The Bertz CT molecular complexity index is 737. The van der Waals surface area contributed by atoms with Crippen LogP contribution in [-0.2, 0) is 4.74 Å². The SMILES string of the molecule is COc1ccc(-c2nnc(SC[C@H]3CN(CC(C)C)CCO3)o2)cc1OC. The number of benzene rings is 1. The smallest absolute Gasteiger partial charge is 0.276 e. The molecule has 0 radical (unpaired) electrons. The van der Waals surface area contributed by atoms with Crippen LogP contribution in [0, 0.1) is 5.92 Å². The molecule has 1 aliphatic heterocycles. The highest BCUT2D eigenvalue weighted by Crippen LogP contribution is 2.32. The maximum absolute atomic E-state index is 5.88. The Morgan fingerprint density at radius 1 is 1.22 bits per heavy atom. The summed E-state index contributed by atoms with van der Waals surface area (Å²) in [7, 11) is 3.21. The van der Waals surface area contributed by atoms with Gasteiger partial charge in [-0.2, -0.15) is 0 Å². The molecule has 27 heavy (non-hydrogen) atoms. The lowest BCUT2D eigenvalue weighted by Crippen LogP contribution is -2.44. The Hall–Kier alpha value is -1.77. The van der Waals surface area contributed by atoms with Crippen molar-refractivity contribution in [3.8, 4) is 23.0 Å². The van der Waals surface area contributed by atoms with Gasteiger partial charge in [0.1, 0.15) is 0 Å². The number of ether oxygens (including phenoxy) is 3. The zero-order valence-corrected chi connectivity index (χ0v) is 17.1. The van der Waals surface area contributed by atoms with Gasteiger partial charge in [0.2, 0.25) is 5.89 Å². The Labute approximate surface area is 164 Å². The summed E-state index contributed by atoms with van der Waals surface area (Å²) in [5.74, 6) is 3.21. The van der Waals surface area contributed by atoms with Gasteiger partial charge < -0.3 is 18.6 Å². The molecule has 0 N–H and O–H groups in total. The van der Waals surface area contributed by atoms with Gasteiger partial charge in [0.25, 0.3) is 5.22 Å². The predicted molar refractivity (Wildman–Crippen MR) is 105 cm³/mol. The lowest BCUT2D eigenvalue weighted by molar-refractivity contribution is -0.0192. The second kappa shape index (κ2) is 9.43. The van der Waals surface area contributed by atoms with Crippen molar-refractivity contribution in [2.45, 2.75) is 25.2 Å². The second-order valence-corrected chi connectivity index (χ2v) is 7.87. The molecule has 0 aliphatic carbocycles. The third kappa shape index (κ3) is 5.37. The first kappa shape index (κ1) is 20.0. The number of aromatic nitrogens is 2. The van der Waals surface area contributed by atoms with E-state index in [0.29, 0.717) is 28.5 Å². The summed E-state index contributed by atoms with van der Waals surface area (Å²) in [4.78, 5) is 2.46. The number of morpholine rings is 1. The van der Waals surface area contributed by atoms with E-state index in [1.165, 1.54) is 11.8 Å². The fourth-order valence-electron chi connectivity index (χ4n) is 3.08. The van der Waals surface area contributed by atoms with Crippen molar-refractivity contribution >= 4 is 11.8 Å². The maximum Gasteiger partial charge on any atom is 0.276 e. The van der Waals surface area contributed by atoms with Gasteiger partial charge in [-0.3, -0.25) is 4.90 Å². The highest BCUT2D eigenvalue weighted by Gasteiger charge is 2.22. The van der Waals surface area contributed by atoms with Gasteiger partial charge >= 0.3 is 0 Å². The molecule has 1 atom stereocenters. The minimum Gasteiger partial charge on any atom is -0.493 e. The molecular weight excluding hydrogens is 366 g/mol. The van der Waals surface area contributed by atoms with Crippen molar-refractivity contribution in [1.82, 2.24) is 15.1 Å². The molecule has 2 heterocycles. The first-order valence-corrected chi connectivity index (χ1v) is 10.1. The molecule has 1 fully saturated rings. The van der Waals surface area contributed by atoms with Crippen molar-refractivity contribution in [2.24, 2.45) is 5.92 Å². The van der Waals surface area contributed by atoms with E-state index in [9.17, 15) is 0 Å². The van der Waals surface area contributed by atoms with Crippen LogP contribution in [0.25, 0.3) is 11.5 Å². The molecule has 7 nitrogen and oxygen atoms in total. The third-order valence-electron chi connectivity index (χ3n) is 4.28. The van der Waals surface area contributed by atoms with Crippen LogP contribution in [0.1, 0.15) is 13.8 Å². The number of thioether (sulfide) groups is 1. The van der Waals surface area contributed by atoms with E-state index >= 15 is 0 Å². The largest absolute Gasteiger partial charge is 0.493 e. The number of rotatable bonds is 8. The van der Waals surface area contributed by atoms with E-state index in [0.717, 1.165) is 37.6 Å². The normalized spacial score (nSPS) is 18.0. The summed E-state index contributed by atoms with van der Waals surface area (Å²) in [5, 5.41) is 8.84. The fourth-order valence-corrected chi connectivity index (χ4v) is 3.85. The van der Waals surface area contributed by atoms with Crippen molar-refractivity contribution in [3.63, 3.8) is 0 Å². The third-order valence-corrected chi connectivity index (χ3v) is 5.23. The molecule has 1 aromatic heterocycles. The molecular formula is C19H27N3O4S. The standard InChI is InChI=1S/C19H27N3O4S/c1-13(2)10-22-7-8-25-15(11-22)12-27-19-21-20-18(26-19)14-5-6-16(23-3)17(9-14)24-4/h5-6,9,13,15H,7-8,10-12H2,1-4H3/t15-/m1/s1. The van der Waals surface area contributed by atoms with Gasteiger partial charge in [0, 0.05) is 31.0 Å². The molecule has 0 amide bonds. The molecule has 2 aromatic rings. The van der Waals surface area contributed by atoms with E-state index < -0.39 is 0 Å². The van der Waals surface area contributed by atoms with E-state index in [2.05, 4.69) is 28.9 Å². The maximum atomic E-state index is 5.88. The number of hydrogen-bond acceptors (Lipinski definition) is 8. The molecule has 1 saturated heterocycles. The quantitative estimate of drug-likeness (QED) is 0.633. The highest BCUT2D eigenvalue weighted by molar-refractivity contribution is 7.99. The highest BCUT2D eigenvalue weighted by atomic mass is 32.2. The van der Waals surface area contributed by atoms with Gasteiger partial charge in [-0.05, 0) is 24.1 Å². The Kier molecular flexibility index (Phi) is 6.98. The molecule has 0 bridgehead atoms. The molecule has 0 saturated carbocycles. The average molecular weight is 394 g/mol. The minimum absolute atomic E-state index is 0.180. The fraction of sp³-hybridized carbons (Fsp3) is 0.579. The molecule has 0 spiro atoms. The molecule has 3 rings (SSSR count). The number of hydrogen-bond donors (Lipinski definition) is 0. The monoisotopic (exact) mass is 393 g/mol. The Morgan fingerprint density at radius 2 is 2.04 bits per heavy atom. The van der Waals surface area contributed by atoms with Crippen LogP contribution >= 0.6 is 11.8 Å². The topological polar surface area (TPSA) is 69.9 Å². The van der Waals surface area contributed by atoms with Crippen LogP contribution in [-0.4, -0.2) is 67.4 Å². The summed E-state index contributed by atoms with van der Waals surface area (Å²) in [5.41, 5.74) is 0.795. The molecule has 8 heteroatoms. The van der Waals surface area contributed by atoms with E-state index in [4.69, 9.17) is 18.6 Å². The van der Waals surface area contributed by atoms with E-state index in [1.807, 2.05) is 18.2 Å². The van der Waals surface area contributed by atoms with Gasteiger partial charge in [0.05, 0.1) is 26.9 Å². The first-order chi connectivity index (χ1) is 13.1. The van der Waals surface area contributed by atoms with Gasteiger partial charge in [-0.1, -0.05) is 25.6 Å². The van der Waals surface area contributed by atoms with Crippen molar-refractivity contribution in [3.05, 3.63) is 18.2 Å². The lowest BCUT2D eigenvalue weighted by Gasteiger charge is -2.33. The molecule has 0 unspecified atom stereocenters. The van der Waals surface area contributed by atoms with Gasteiger partial charge in [-0.25, -0.2) is 0 Å². The van der Waals surface area contributed by atoms with Crippen LogP contribution in [0.5, 0.6) is 11.5 Å². The van der Waals surface area contributed by atoms with Gasteiger partial charge in [0.15, 0.2) is 11.5 Å². The molecule has 148 valence electrons. The lowest BCUT2D eigenvalue weighted by atomic mass is 10.2. The van der Waals surface area contributed by atoms with Crippen LogP contribution < -0.4 is 9.47 Å². The summed E-state index contributed by atoms with van der Waals surface area (Å²) in [6.45, 7) is 8.32. The number of methoxy groups -OCH3 is 2. The predicted octanol–water partition coefficient (Wildman–Crippen LogP) is 3.20. The van der Waals surface area contributed by atoms with Crippen LogP contribution in [0.4, 0.5) is 0 Å². The van der Waals surface area contributed by atoms with Crippen molar-refractivity contribution < 1.29 is 18.6 Å². The second-order valence-electron chi connectivity index (χ2n) is 6.90. The Balaban J connectivity index is 1.58. The first-order valence-electron chi connectivity index (χ1n) is 9.11. The summed E-state index contributed by atoms with van der Waals surface area (Å²) >= 11 is 1.53. The summed E-state index contributed by atoms with van der Waals surface area (Å²) in [6, 6.07) is 5.52. The molecule has 1 aromatic carbocycles. The van der Waals surface area contributed by atoms with Crippen LogP contribution in [0.15, 0.2) is 27.8 Å². The average Bonchev–Trinajstić information content (AvgIpc) is 3.14. The van der Waals surface area contributed by atoms with E-state index in [1.54, 1.807) is 14.2 Å². The molecule has 1 aliphatic rings. The summed E-state index contributed by atoms with van der Waals surface area (Å²) < 4.78 is 22.3. The van der Waals surface area contributed by atoms with Crippen LogP contribution in [0.2, 0.25) is 0 Å². The minimum atomic E-state index is 0.180. The van der Waals surface area contributed by atoms with Crippen molar-refractivity contribution in [2.75, 3.05) is 46.2 Å². The zero-order valence-electron chi connectivity index (χ0n) is 16.3. The van der Waals surface area contributed by atoms with Gasteiger partial charge in [-0.15, -0.1) is 10.2 Å². The number of nitrogens with zero attached hydrogens (tertiary/aromatic N) is 3. The van der Waals surface area contributed by atoms with E-state index in [-0.39, 0.29) is 6.10 Å². The van der Waals surface area contributed by atoms with Crippen molar-refractivity contribution in [1.29, 1.82) is 0 Å². The van der Waals surface area contributed by atoms with Crippen LogP contribution in [0.3, 0.4) is 0 Å².